The van der Waals surface area contributed by atoms with Crippen LogP contribution in [-0.2, 0) is 6.54 Å². The number of aliphatic hydroxyl groups is 1. The molecule has 146 valence electrons. The molecule has 1 saturated carbocycles. The van der Waals surface area contributed by atoms with Gasteiger partial charge in [-0.25, -0.2) is 9.48 Å². The SMILES string of the molecule is COc1cccc(-n2cc(CN(C)C(=O)NCC3(CO)CCCC3)cn2)c1. The van der Waals surface area contributed by atoms with Gasteiger partial charge in [0.05, 0.1) is 32.1 Å². The van der Waals surface area contributed by atoms with Gasteiger partial charge in [0, 0.05) is 36.8 Å². The number of nitrogens with one attached hydrogen (secondary N) is 1. The predicted octanol–water partition coefficient (Wildman–Crippen LogP) is 2.58. The van der Waals surface area contributed by atoms with Crippen molar-refractivity contribution in [3.63, 3.8) is 0 Å². The zero-order chi connectivity index (χ0) is 19.3. The van der Waals surface area contributed by atoms with E-state index in [1.807, 2.05) is 30.5 Å². The maximum absolute atomic E-state index is 12.4. The van der Waals surface area contributed by atoms with Gasteiger partial charge in [0.1, 0.15) is 5.75 Å². The second-order valence-electron chi connectivity index (χ2n) is 7.37. The van der Waals surface area contributed by atoms with Crippen LogP contribution in [0, 0.1) is 5.41 Å². The zero-order valence-electron chi connectivity index (χ0n) is 16.0. The Morgan fingerprint density at radius 2 is 2.19 bits per heavy atom. The lowest BCUT2D eigenvalue weighted by Gasteiger charge is -2.28. The molecular weight excluding hydrogens is 344 g/mol. The van der Waals surface area contributed by atoms with Crippen LogP contribution in [0.3, 0.4) is 0 Å². The summed E-state index contributed by atoms with van der Waals surface area (Å²) in [6.07, 6.45) is 7.85. The number of benzene rings is 1. The second kappa shape index (κ2) is 8.43. The average Bonchev–Trinajstić information content (AvgIpc) is 3.36. The molecule has 2 aromatic rings. The number of rotatable bonds is 7. The first-order chi connectivity index (χ1) is 13.0. The fourth-order valence-electron chi connectivity index (χ4n) is 3.60. The van der Waals surface area contributed by atoms with Gasteiger partial charge >= 0.3 is 6.03 Å². The van der Waals surface area contributed by atoms with Gasteiger partial charge in [-0.05, 0) is 25.0 Å². The summed E-state index contributed by atoms with van der Waals surface area (Å²) in [5.74, 6) is 0.769. The molecule has 1 aromatic heterocycles. The summed E-state index contributed by atoms with van der Waals surface area (Å²) in [6.45, 7) is 1.11. The first-order valence-electron chi connectivity index (χ1n) is 9.33. The van der Waals surface area contributed by atoms with Gasteiger partial charge < -0.3 is 20.1 Å². The summed E-state index contributed by atoms with van der Waals surface area (Å²) >= 11 is 0. The van der Waals surface area contributed by atoms with Gasteiger partial charge in [0.25, 0.3) is 0 Å². The third-order valence-corrected chi connectivity index (χ3v) is 5.33. The standard InChI is InChI=1S/C20H28N4O3/c1-23(19(26)21-14-20(15-25)8-3-4-9-20)12-16-11-22-24(13-16)17-6-5-7-18(10-17)27-2/h5-7,10-11,13,25H,3-4,8-9,12,14-15H2,1-2H3,(H,21,26). The van der Waals surface area contributed by atoms with Crippen molar-refractivity contribution in [1.82, 2.24) is 20.0 Å². The molecule has 7 heteroatoms. The lowest BCUT2D eigenvalue weighted by atomic mass is 9.87. The highest BCUT2D eigenvalue weighted by molar-refractivity contribution is 5.73. The molecule has 0 atom stereocenters. The number of nitrogens with zero attached hydrogens (tertiary/aromatic N) is 3. The summed E-state index contributed by atoms with van der Waals surface area (Å²) in [7, 11) is 3.40. The molecule has 0 radical (unpaired) electrons. The van der Waals surface area contributed by atoms with Gasteiger partial charge in [-0.2, -0.15) is 5.10 Å². The molecule has 0 saturated heterocycles. The summed E-state index contributed by atoms with van der Waals surface area (Å²) in [5.41, 5.74) is 1.69. The molecule has 7 nitrogen and oxygen atoms in total. The van der Waals surface area contributed by atoms with Gasteiger partial charge in [0.15, 0.2) is 0 Å². The Morgan fingerprint density at radius 3 is 2.89 bits per heavy atom. The predicted molar refractivity (Wildman–Crippen MR) is 103 cm³/mol. The summed E-state index contributed by atoms with van der Waals surface area (Å²) in [6, 6.07) is 7.52. The van der Waals surface area contributed by atoms with E-state index in [9.17, 15) is 9.90 Å². The van der Waals surface area contributed by atoms with E-state index < -0.39 is 0 Å². The van der Waals surface area contributed by atoms with Crippen molar-refractivity contribution >= 4 is 6.03 Å². The monoisotopic (exact) mass is 372 g/mol. The molecule has 1 aromatic carbocycles. The summed E-state index contributed by atoms with van der Waals surface area (Å²) in [4.78, 5) is 14.0. The van der Waals surface area contributed by atoms with E-state index in [2.05, 4.69) is 10.4 Å². The summed E-state index contributed by atoms with van der Waals surface area (Å²) in [5, 5.41) is 17.0. The molecule has 1 fully saturated rings. The molecule has 0 spiro atoms. The number of urea groups is 1. The van der Waals surface area contributed by atoms with Crippen LogP contribution < -0.4 is 10.1 Å². The molecule has 0 unspecified atom stereocenters. The minimum Gasteiger partial charge on any atom is -0.497 e. The number of carbonyl (C=O) groups is 1. The molecule has 2 amide bonds. The molecule has 1 aliphatic carbocycles. The van der Waals surface area contributed by atoms with Crippen LogP contribution in [0.1, 0.15) is 31.2 Å². The van der Waals surface area contributed by atoms with Crippen LogP contribution in [0.4, 0.5) is 4.79 Å². The zero-order valence-corrected chi connectivity index (χ0v) is 16.0. The average molecular weight is 372 g/mol. The summed E-state index contributed by atoms with van der Waals surface area (Å²) < 4.78 is 7.01. The van der Waals surface area contributed by atoms with Crippen LogP contribution in [0.2, 0.25) is 0 Å². The number of aliphatic hydroxyl groups excluding tert-OH is 1. The van der Waals surface area contributed by atoms with Crippen LogP contribution in [-0.4, -0.2) is 53.1 Å². The van der Waals surface area contributed by atoms with Crippen LogP contribution in [0.25, 0.3) is 5.69 Å². The van der Waals surface area contributed by atoms with Crippen molar-refractivity contribution in [1.29, 1.82) is 0 Å². The van der Waals surface area contributed by atoms with E-state index >= 15 is 0 Å². The fraction of sp³-hybridized carbons (Fsp3) is 0.500. The number of amides is 2. The number of hydrogen-bond donors (Lipinski definition) is 2. The van der Waals surface area contributed by atoms with Crippen LogP contribution in [0.15, 0.2) is 36.7 Å². The first kappa shape index (κ1) is 19.2. The number of aromatic nitrogens is 2. The van der Waals surface area contributed by atoms with Gasteiger partial charge in [-0.15, -0.1) is 0 Å². The lowest BCUT2D eigenvalue weighted by Crippen LogP contribution is -2.43. The molecule has 1 aliphatic rings. The van der Waals surface area contributed by atoms with E-state index in [4.69, 9.17) is 4.74 Å². The quantitative estimate of drug-likeness (QED) is 0.783. The van der Waals surface area contributed by atoms with Gasteiger partial charge in [-0.3, -0.25) is 0 Å². The number of carbonyl (C=O) groups excluding carboxylic acids is 1. The van der Waals surface area contributed by atoms with E-state index in [0.717, 1.165) is 42.7 Å². The normalized spacial score (nSPS) is 15.5. The van der Waals surface area contributed by atoms with Gasteiger partial charge in [-0.1, -0.05) is 18.9 Å². The minimum absolute atomic E-state index is 0.129. The number of ether oxygens (including phenoxy) is 1. The molecule has 0 bridgehead atoms. The van der Waals surface area contributed by atoms with Crippen molar-refractivity contribution < 1.29 is 14.6 Å². The maximum Gasteiger partial charge on any atom is 0.317 e. The number of hydrogen-bond acceptors (Lipinski definition) is 4. The lowest BCUT2D eigenvalue weighted by molar-refractivity contribution is 0.126. The van der Waals surface area contributed by atoms with Crippen molar-refractivity contribution in [3.05, 3.63) is 42.2 Å². The Bertz CT molecular complexity index is 768. The van der Waals surface area contributed by atoms with Crippen LogP contribution >= 0.6 is 0 Å². The minimum atomic E-state index is -0.145. The molecule has 2 N–H and O–H groups in total. The Hall–Kier alpha value is -2.54. The Morgan fingerprint density at radius 1 is 1.41 bits per heavy atom. The fourth-order valence-corrected chi connectivity index (χ4v) is 3.60. The molecule has 27 heavy (non-hydrogen) atoms. The van der Waals surface area contributed by atoms with E-state index in [1.54, 1.807) is 29.9 Å². The maximum atomic E-state index is 12.4. The third-order valence-electron chi connectivity index (χ3n) is 5.33. The topological polar surface area (TPSA) is 79.6 Å². The van der Waals surface area contributed by atoms with Crippen molar-refractivity contribution in [2.24, 2.45) is 5.41 Å². The highest BCUT2D eigenvalue weighted by Gasteiger charge is 2.33. The largest absolute Gasteiger partial charge is 0.497 e. The van der Waals surface area contributed by atoms with E-state index in [-0.39, 0.29) is 18.1 Å². The molecule has 3 rings (SSSR count). The van der Waals surface area contributed by atoms with Crippen molar-refractivity contribution in [2.75, 3.05) is 27.3 Å². The molecule has 0 aliphatic heterocycles. The number of methoxy groups -OCH3 is 1. The van der Waals surface area contributed by atoms with Crippen molar-refractivity contribution in [2.45, 2.75) is 32.2 Å². The van der Waals surface area contributed by atoms with E-state index in [0.29, 0.717) is 13.1 Å². The Balaban J connectivity index is 1.57. The Labute approximate surface area is 159 Å². The van der Waals surface area contributed by atoms with E-state index in [1.165, 1.54) is 0 Å². The highest BCUT2D eigenvalue weighted by Crippen LogP contribution is 2.36. The molecule has 1 heterocycles. The first-order valence-corrected chi connectivity index (χ1v) is 9.33. The van der Waals surface area contributed by atoms with Crippen LogP contribution in [0.5, 0.6) is 5.75 Å². The van der Waals surface area contributed by atoms with Gasteiger partial charge in [0.2, 0.25) is 0 Å². The Kier molecular flexibility index (Phi) is 6.01. The van der Waals surface area contributed by atoms with Crippen molar-refractivity contribution in [3.8, 4) is 11.4 Å². The third kappa shape index (κ3) is 4.60. The molecular formula is C20H28N4O3. The highest BCUT2D eigenvalue weighted by atomic mass is 16.5. The second-order valence-corrected chi connectivity index (χ2v) is 7.37. The smallest absolute Gasteiger partial charge is 0.317 e.